The maximum Gasteiger partial charge on any atom is 0.244 e. The van der Waals surface area contributed by atoms with Crippen molar-refractivity contribution in [3.8, 4) is 0 Å². The van der Waals surface area contributed by atoms with Crippen LogP contribution >= 0.6 is 0 Å². The molecule has 2 aromatic carbocycles. The van der Waals surface area contributed by atoms with Crippen molar-refractivity contribution < 1.29 is 4.79 Å². The van der Waals surface area contributed by atoms with E-state index >= 15 is 0 Å². The number of hydrogen-bond donors (Lipinski definition) is 1. The Hall–Kier alpha value is -2.42. The molecule has 0 spiro atoms. The first-order chi connectivity index (χ1) is 10.2. The van der Waals surface area contributed by atoms with E-state index in [2.05, 4.69) is 10.5 Å². The van der Waals surface area contributed by atoms with Gasteiger partial charge < -0.3 is 0 Å². The van der Waals surface area contributed by atoms with Crippen LogP contribution in [-0.4, -0.2) is 11.6 Å². The molecule has 0 aliphatic carbocycles. The molecule has 0 aromatic heterocycles. The summed E-state index contributed by atoms with van der Waals surface area (Å²) in [5.74, 6) is -0.0979. The molecular formula is C18H20N2O. The highest BCUT2D eigenvalue weighted by atomic mass is 16.2. The fourth-order valence-corrected chi connectivity index (χ4v) is 2.04. The molecule has 0 bridgehead atoms. The van der Waals surface area contributed by atoms with Crippen LogP contribution in [0.3, 0.4) is 0 Å². The molecule has 0 heterocycles. The lowest BCUT2D eigenvalue weighted by Gasteiger charge is -2.06. The first-order valence-corrected chi connectivity index (χ1v) is 7.15. The summed E-state index contributed by atoms with van der Waals surface area (Å²) >= 11 is 0. The zero-order chi connectivity index (χ0) is 15.1. The van der Waals surface area contributed by atoms with E-state index in [-0.39, 0.29) is 5.91 Å². The fourth-order valence-electron chi connectivity index (χ4n) is 2.04. The predicted octanol–water partition coefficient (Wildman–Crippen LogP) is 3.47. The van der Waals surface area contributed by atoms with Gasteiger partial charge in [0.05, 0.1) is 12.1 Å². The second-order valence-electron chi connectivity index (χ2n) is 4.98. The normalized spacial score (nSPS) is 11.2. The number of carbonyl (C=O) groups is 1. The van der Waals surface area contributed by atoms with Gasteiger partial charge in [-0.05, 0) is 24.5 Å². The Balaban J connectivity index is 2.00. The van der Waals surface area contributed by atoms with Gasteiger partial charge in [0.15, 0.2) is 0 Å². The van der Waals surface area contributed by atoms with Crippen molar-refractivity contribution in [1.29, 1.82) is 0 Å². The fraction of sp³-hybridized carbons (Fsp3) is 0.222. The zero-order valence-electron chi connectivity index (χ0n) is 12.5. The SMILES string of the molecule is CCC(=NNC(=O)Cc1ccccc1)c1ccc(C)cc1. The van der Waals surface area contributed by atoms with Crippen LogP contribution in [0.25, 0.3) is 0 Å². The van der Waals surface area contributed by atoms with E-state index in [1.807, 2.05) is 68.4 Å². The minimum Gasteiger partial charge on any atom is -0.273 e. The zero-order valence-corrected chi connectivity index (χ0v) is 12.5. The predicted molar refractivity (Wildman–Crippen MR) is 86.3 cm³/mol. The van der Waals surface area contributed by atoms with Gasteiger partial charge in [-0.1, -0.05) is 67.1 Å². The molecule has 0 aliphatic heterocycles. The molecule has 2 rings (SSSR count). The third kappa shape index (κ3) is 4.56. The number of hydrazone groups is 1. The second kappa shape index (κ2) is 7.39. The average molecular weight is 280 g/mol. The van der Waals surface area contributed by atoms with Crippen LogP contribution in [0.2, 0.25) is 0 Å². The lowest BCUT2D eigenvalue weighted by Crippen LogP contribution is -2.21. The van der Waals surface area contributed by atoms with Crippen LogP contribution in [0, 0.1) is 6.92 Å². The Morgan fingerprint density at radius 3 is 2.33 bits per heavy atom. The molecule has 3 heteroatoms. The second-order valence-corrected chi connectivity index (χ2v) is 4.98. The van der Waals surface area contributed by atoms with Crippen molar-refractivity contribution >= 4 is 11.6 Å². The third-order valence-corrected chi connectivity index (χ3v) is 3.24. The summed E-state index contributed by atoms with van der Waals surface area (Å²) in [4.78, 5) is 11.9. The molecule has 21 heavy (non-hydrogen) atoms. The summed E-state index contributed by atoms with van der Waals surface area (Å²) in [6.45, 7) is 4.08. The number of carbonyl (C=O) groups excluding carboxylic acids is 1. The number of hydrogen-bond acceptors (Lipinski definition) is 2. The maximum absolute atomic E-state index is 11.9. The van der Waals surface area contributed by atoms with Crippen molar-refractivity contribution in [2.75, 3.05) is 0 Å². The van der Waals surface area contributed by atoms with E-state index in [4.69, 9.17) is 0 Å². The molecule has 0 atom stereocenters. The summed E-state index contributed by atoms with van der Waals surface area (Å²) in [5.41, 5.74) is 6.77. The monoisotopic (exact) mass is 280 g/mol. The number of rotatable bonds is 5. The summed E-state index contributed by atoms with van der Waals surface area (Å²) in [6.07, 6.45) is 1.11. The largest absolute Gasteiger partial charge is 0.273 e. The molecule has 0 aliphatic rings. The number of nitrogens with one attached hydrogen (secondary N) is 1. The molecule has 1 amide bonds. The molecule has 0 saturated heterocycles. The average Bonchev–Trinajstić information content (AvgIpc) is 2.50. The Labute approximate surface area is 125 Å². The smallest absolute Gasteiger partial charge is 0.244 e. The Morgan fingerprint density at radius 1 is 1.05 bits per heavy atom. The maximum atomic E-state index is 11.9. The van der Waals surface area contributed by atoms with Crippen LogP contribution < -0.4 is 5.43 Å². The molecule has 108 valence electrons. The highest BCUT2D eigenvalue weighted by Gasteiger charge is 2.04. The van der Waals surface area contributed by atoms with Gasteiger partial charge in [-0.25, -0.2) is 5.43 Å². The van der Waals surface area contributed by atoms with Crippen molar-refractivity contribution in [2.45, 2.75) is 26.7 Å². The number of nitrogens with zero attached hydrogens (tertiary/aromatic N) is 1. The highest BCUT2D eigenvalue weighted by Crippen LogP contribution is 2.07. The van der Waals surface area contributed by atoms with Gasteiger partial charge >= 0.3 is 0 Å². The lowest BCUT2D eigenvalue weighted by atomic mass is 10.1. The summed E-state index contributed by atoms with van der Waals surface area (Å²) in [6, 6.07) is 17.8. The molecule has 3 nitrogen and oxygen atoms in total. The van der Waals surface area contributed by atoms with E-state index in [0.717, 1.165) is 23.3 Å². The van der Waals surface area contributed by atoms with Crippen LogP contribution in [-0.2, 0) is 11.2 Å². The highest BCUT2D eigenvalue weighted by molar-refractivity contribution is 6.00. The van der Waals surface area contributed by atoms with Gasteiger partial charge in [0, 0.05) is 0 Å². The van der Waals surface area contributed by atoms with Crippen molar-refractivity contribution in [2.24, 2.45) is 5.10 Å². The van der Waals surface area contributed by atoms with Crippen LogP contribution in [0.4, 0.5) is 0 Å². The molecule has 2 aromatic rings. The number of benzene rings is 2. The molecule has 0 unspecified atom stereocenters. The first-order valence-electron chi connectivity index (χ1n) is 7.15. The van der Waals surface area contributed by atoms with Gasteiger partial charge in [-0.2, -0.15) is 5.10 Å². The van der Waals surface area contributed by atoms with Crippen LogP contribution in [0.15, 0.2) is 59.7 Å². The van der Waals surface area contributed by atoms with Crippen LogP contribution in [0.5, 0.6) is 0 Å². The summed E-state index contributed by atoms with van der Waals surface area (Å²) in [5, 5.41) is 4.26. The Morgan fingerprint density at radius 2 is 1.71 bits per heavy atom. The summed E-state index contributed by atoms with van der Waals surface area (Å²) in [7, 11) is 0. The van der Waals surface area contributed by atoms with Gasteiger partial charge in [0.1, 0.15) is 0 Å². The van der Waals surface area contributed by atoms with E-state index in [0.29, 0.717) is 6.42 Å². The topological polar surface area (TPSA) is 41.5 Å². The minimum absolute atomic E-state index is 0.0979. The Bertz CT molecular complexity index is 615. The van der Waals surface area contributed by atoms with E-state index < -0.39 is 0 Å². The van der Waals surface area contributed by atoms with Gasteiger partial charge in [-0.15, -0.1) is 0 Å². The molecule has 0 radical (unpaired) electrons. The summed E-state index contributed by atoms with van der Waals surface area (Å²) < 4.78 is 0. The molecule has 0 saturated carbocycles. The first kappa shape index (κ1) is 15.0. The molecule has 0 fully saturated rings. The van der Waals surface area contributed by atoms with E-state index in [1.165, 1.54) is 5.56 Å². The van der Waals surface area contributed by atoms with Gasteiger partial charge in [-0.3, -0.25) is 4.79 Å². The standard InChI is InChI=1S/C18H20N2O/c1-3-17(16-11-9-14(2)10-12-16)19-20-18(21)13-15-7-5-4-6-8-15/h4-12H,3,13H2,1-2H3,(H,20,21). The van der Waals surface area contributed by atoms with Crippen molar-refractivity contribution in [1.82, 2.24) is 5.43 Å². The minimum atomic E-state index is -0.0979. The Kier molecular flexibility index (Phi) is 5.27. The quantitative estimate of drug-likeness (QED) is 0.661. The van der Waals surface area contributed by atoms with E-state index in [1.54, 1.807) is 0 Å². The third-order valence-electron chi connectivity index (χ3n) is 3.24. The van der Waals surface area contributed by atoms with E-state index in [9.17, 15) is 4.79 Å². The number of amides is 1. The van der Waals surface area contributed by atoms with Crippen molar-refractivity contribution in [3.63, 3.8) is 0 Å². The molecule has 1 N–H and O–H groups in total. The number of aryl methyl sites for hydroxylation is 1. The van der Waals surface area contributed by atoms with Crippen molar-refractivity contribution in [3.05, 3.63) is 71.3 Å². The van der Waals surface area contributed by atoms with Gasteiger partial charge in [0.25, 0.3) is 0 Å². The lowest BCUT2D eigenvalue weighted by molar-refractivity contribution is -0.120. The molecular weight excluding hydrogens is 260 g/mol. The van der Waals surface area contributed by atoms with Crippen LogP contribution in [0.1, 0.15) is 30.0 Å². The van der Waals surface area contributed by atoms with Gasteiger partial charge in [0.2, 0.25) is 5.91 Å².